The van der Waals surface area contributed by atoms with Crippen LogP contribution in [0.1, 0.15) is 5.56 Å². The van der Waals surface area contributed by atoms with Gasteiger partial charge in [-0.1, -0.05) is 30.3 Å². The Bertz CT molecular complexity index is 1010. The maximum absolute atomic E-state index is 12.2. The highest BCUT2D eigenvalue weighted by Gasteiger charge is 2.12. The van der Waals surface area contributed by atoms with E-state index in [0.29, 0.717) is 16.7 Å². The standard InChI is InChI=1S/C18H13N3O4/c22-16-12(11-25-15-9-5-4-8-14(15)16)10-19-21-18(24)17(23)20-13-6-2-1-3-7-13/h1-11H,(H,20,23)(H,21,24)/b19-10-. The van der Waals surface area contributed by atoms with E-state index in [9.17, 15) is 14.4 Å². The molecule has 3 aromatic rings. The SMILES string of the molecule is O=C(N/N=C\c1coc2ccccc2c1=O)C(=O)Nc1ccccc1. The fraction of sp³-hybridized carbons (Fsp3) is 0. The van der Waals surface area contributed by atoms with Crippen molar-refractivity contribution >= 4 is 34.7 Å². The zero-order valence-corrected chi connectivity index (χ0v) is 12.9. The van der Waals surface area contributed by atoms with Gasteiger partial charge < -0.3 is 9.73 Å². The summed E-state index contributed by atoms with van der Waals surface area (Å²) in [6.07, 6.45) is 2.37. The molecule has 0 atom stereocenters. The molecular formula is C18H13N3O4. The number of fused-ring (bicyclic) bond motifs is 1. The highest BCUT2D eigenvalue weighted by molar-refractivity contribution is 6.39. The number of nitrogens with one attached hydrogen (secondary N) is 2. The van der Waals surface area contributed by atoms with Crippen molar-refractivity contribution in [3.05, 3.63) is 76.6 Å². The van der Waals surface area contributed by atoms with Crippen LogP contribution in [0, 0.1) is 0 Å². The Hall–Kier alpha value is -3.74. The summed E-state index contributed by atoms with van der Waals surface area (Å²) in [6.45, 7) is 0. The van der Waals surface area contributed by atoms with Crippen LogP contribution < -0.4 is 16.2 Å². The number of para-hydroxylation sites is 2. The molecule has 1 aromatic heterocycles. The molecule has 0 radical (unpaired) electrons. The van der Waals surface area contributed by atoms with E-state index >= 15 is 0 Å². The number of hydrogen-bond donors (Lipinski definition) is 2. The lowest BCUT2D eigenvalue weighted by Crippen LogP contribution is -2.32. The first-order valence-electron chi connectivity index (χ1n) is 7.35. The Kier molecular flexibility index (Phi) is 4.66. The van der Waals surface area contributed by atoms with Crippen molar-refractivity contribution in [1.29, 1.82) is 0 Å². The number of nitrogens with zero attached hydrogens (tertiary/aromatic N) is 1. The lowest BCUT2D eigenvalue weighted by Gasteiger charge is -2.03. The second-order valence-corrected chi connectivity index (χ2v) is 5.04. The summed E-state index contributed by atoms with van der Waals surface area (Å²) in [6, 6.07) is 15.3. The Morgan fingerprint density at radius 1 is 0.960 bits per heavy atom. The quantitative estimate of drug-likeness (QED) is 0.433. The number of rotatable bonds is 3. The smallest absolute Gasteiger partial charge is 0.329 e. The Morgan fingerprint density at radius 2 is 1.68 bits per heavy atom. The molecule has 25 heavy (non-hydrogen) atoms. The normalized spacial score (nSPS) is 10.7. The third-order valence-electron chi connectivity index (χ3n) is 3.31. The van der Waals surface area contributed by atoms with Crippen molar-refractivity contribution in [1.82, 2.24) is 5.43 Å². The van der Waals surface area contributed by atoms with E-state index in [1.807, 2.05) is 0 Å². The van der Waals surface area contributed by atoms with Crippen LogP contribution in [0.15, 0.2) is 75.2 Å². The number of hydrazone groups is 1. The summed E-state index contributed by atoms with van der Waals surface area (Å²) in [5.41, 5.74) is 2.88. The first-order valence-corrected chi connectivity index (χ1v) is 7.35. The van der Waals surface area contributed by atoms with Crippen LogP contribution in [-0.2, 0) is 9.59 Å². The van der Waals surface area contributed by atoms with Crippen molar-refractivity contribution in [2.75, 3.05) is 5.32 Å². The maximum atomic E-state index is 12.2. The molecule has 0 saturated carbocycles. The van der Waals surface area contributed by atoms with Gasteiger partial charge in [0.25, 0.3) is 0 Å². The Morgan fingerprint density at radius 3 is 2.48 bits per heavy atom. The molecule has 0 aliphatic carbocycles. The van der Waals surface area contributed by atoms with Crippen LogP contribution in [0.4, 0.5) is 5.69 Å². The molecule has 3 rings (SSSR count). The highest BCUT2D eigenvalue weighted by atomic mass is 16.3. The summed E-state index contributed by atoms with van der Waals surface area (Å²) in [4.78, 5) is 35.7. The first kappa shape index (κ1) is 16.1. The van der Waals surface area contributed by atoms with Crippen LogP contribution in [0.5, 0.6) is 0 Å². The zero-order chi connectivity index (χ0) is 17.6. The van der Waals surface area contributed by atoms with E-state index in [1.54, 1.807) is 54.6 Å². The average molecular weight is 335 g/mol. The van der Waals surface area contributed by atoms with E-state index in [2.05, 4.69) is 15.8 Å². The second-order valence-electron chi connectivity index (χ2n) is 5.04. The van der Waals surface area contributed by atoms with E-state index in [0.717, 1.165) is 6.21 Å². The van der Waals surface area contributed by atoms with E-state index in [1.165, 1.54) is 6.26 Å². The van der Waals surface area contributed by atoms with Crippen LogP contribution in [-0.4, -0.2) is 18.0 Å². The van der Waals surface area contributed by atoms with Gasteiger partial charge in [0.15, 0.2) is 0 Å². The molecule has 2 aromatic carbocycles. The summed E-state index contributed by atoms with van der Waals surface area (Å²) in [5.74, 6) is -1.82. The highest BCUT2D eigenvalue weighted by Crippen LogP contribution is 2.09. The van der Waals surface area contributed by atoms with Gasteiger partial charge in [0, 0.05) is 5.69 Å². The van der Waals surface area contributed by atoms with Gasteiger partial charge in [0.05, 0.1) is 17.2 Å². The fourth-order valence-corrected chi connectivity index (χ4v) is 2.10. The van der Waals surface area contributed by atoms with Gasteiger partial charge >= 0.3 is 11.8 Å². The molecule has 0 fully saturated rings. The molecule has 0 aliphatic rings. The third kappa shape index (κ3) is 3.78. The molecule has 0 unspecified atom stereocenters. The minimum Gasteiger partial charge on any atom is -0.463 e. The van der Waals surface area contributed by atoms with Gasteiger partial charge in [0.1, 0.15) is 11.8 Å². The van der Waals surface area contributed by atoms with Crippen molar-refractivity contribution < 1.29 is 14.0 Å². The number of anilines is 1. The number of benzene rings is 2. The second kappa shape index (κ2) is 7.22. The molecule has 0 aliphatic heterocycles. The molecule has 0 bridgehead atoms. The van der Waals surface area contributed by atoms with Gasteiger partial charge in [0.2, 0.25) is 5.43 Å². The van der Waals surface area contributed by atoms with Crippen LogP contribution in [0.25, 0.3) is 11.0 Å². The number of hydrogen-bond acceptors (Lipinski definition) is 5. The average Bonchev–Trinajstić information content (AvgIpc) is 2.64. The number of carbonyl (C=O) groups excluding carboxylic acids is 2. The largest absolute Gasteiger partial charge is 0.463 e. The van der Waals surface area contributed by atoms with Gasteiger partial charge in [-0.2, -0.15) is 5.10 Å². The summed E-state index contributed by atoms with van der Waals surface area (Å²) >= 11 is 0. The third-order valence-corrected chi connectivity index (χ3v) is 3.31. The van der Waals surface area contributed by atoms with Gasteiger partial charge in [-0.15, -0.1) is 0 Å². The number of carbonyl (C=O) groups is 2. The predicted octanol–water partition coefficient (Wildman–Crippen LogP) is 1.88. The lowest BCUT2D eigenvalue weighted by atomic mass is 10.2. The summed E-state index contributed by atoms with van der Waals surface area (Å²) in [7, 11) is 0. The van der Waals surface area contributed by atoms with E-state index < -0.39 is 11.8 Å². The molecule has 2 amide bonds. The minimum absolute atomic E-state index is 0.155. The predicted molar refractivity (Wildman–Crippen MR) is 93.3 cm³/mol. The summed E-state index contributed by atoms with van der Waals surface area (Å²) < 4.78 is 5.32. The Balaban J connectivity index is 1.67. The molecule has 124 valence electrons. The maximum Gasteiger partial charge on any atom is 0.329 e. The van der Waals surface area contributed by atoms with E-state index in [4.69, 9.17) is 4.42 Å². The van der Waals surface area contributed by atoms with Crippen LogP contribution >= 0.6 is 0 Å². The van der Waals surface area contributed by atoms with Gasteiger partial charge in [-0.05, 0) is 24.3 Å². The molecule has 7 heteroatoms. The van der Waals surface area contributed by atoms with Crippen molar-refractivity contribution in [3.63, 3.8) is 0 Å². The molecule has 7 nitrogen and oxygen atoms in total. The monoisotopic (exact) mass is 335 g/mol. The minimum atomic E-state index is -0.953. The van der Waals surface area contributed by atoms with Crippen molar-refractivity contribution in [2.24, 2.45) is 5.10 Å². The first-order chi connectivity index (χ1) is 12.1. The summed E-state index contributed by atoms with van der Waals surface area (Å²) in [5, 5.41) is 6.45. The zero-order valence-electron chi connectivity index (χ0n) is 12.9. The molecule has 0 saturated heterocycles. The van der Waals surface area contributed by atoms with Crippen LogP contribution in [0.3, 0.4) is 0 Å². The van der Waals surface area contributed by atoms with Crippen LogP contribution in [0.2, 0.25) is 0 Å². The molecule has 2 N–H and O–H groups in total. The van der Waals surface area contributed by atoms with E-state index in [-0.39, 0.29) is 11.0 Å². The fourth-order valence-electron chi connectivity index (χ4n) is 2.10. The molecule has 1 heterocycles. The van der Waals surface area contributed by atoms with Gasteiger partial charge in [-0.3, -0.25) is 14.4 Å². The Labute approximate surface area is 142 Å². The van der Waals surface area contributed by atoms with Crippen molar-refractivity contribution in [2.45, 2.75) is 0 Å². The molecular weight excluding hydrogens is 322 g/mol. The van der Waals surface area contributed by atoms with Crippen molar-refractivity contribution in [3.8, 4) is 0 Å². The molecule has 0 spiro atoms. The topological polar surface area (TPSA) is 101 Å². The van der Waals surface area contributed by atoms with Gasteiger partial charge in [-0.25, -0.2) is 5.43 Å². The lowest BCUT2D eigenvalue weighted by molar-refractivity contribution is -0.136. The number of amides is 2.